The predicted molar refractivity (Wildman–Crippen MR) is 115 cm³/mol. The van der Waals surface area contributed by atoms with E-state index in [0.29, 0.717) is 46.9 Å². The van der Waals surface area contributed by atoms with Crippen LogP contribution in [-0.2, 0) is 21.4 Å². The molecular formula is C20H27ClN4O4S. The Bertz CT molecular complexity index is 1040. The molecule has 0 unspecified atom stereocenters. The number of ether oxygens (including phenoxy) is 1. The molecule has 0 aliphatic carbocycles. The molecule has 30 heavy (non-hydrogen) atoms. The molecule has 10 heteroatoms. The molecule has 1 aliphatic heterocycles. The number of aromatic nitrogens is 2. The molecule has 1 aromatic carbocycles. The number of anilines is 1. The van der Waals surface area contributed by atoms with E-state index < -0.39 is 10.0 Å². The number of methoxy groups -OCH3 is 1. The average molecular weight is 455 g/mol. The van der Waals surface area contributed by atoms with Gasteiger partial charge in [-0.15, -0.1) is 0 Å². The number of amides is 1. The van der Waals surface area contributed by atoms with E-state index in [4.69, 9.17) is 16.3 Å². The highest BCUT2D eigenvalue weighted by Gasteiger charge is 2.33. The second-order valence-electron chi connectivity index (χ2n) is 7.64. The van der Waals surface area contributed by atoms with Crippen molar-refractivity contribution >= 4 is 33.2 Å². The highest BCUT2D eigenvalue weighted by Crippen LogP contribution is 2.29. The average Bonchev–Trinajstić information content (AvgIpc) is 2.95. The van der Waals surface area contributed by atoms with Crippen molar-refractivity contribution in [2.75, 3.05) is 25.5 Å². The van der Waals surface area contributed by atoms with Crippen LogP contribution in [0.2, 0.25) is 5.02 Å². The molecule has 1 fully saturated rings. The van der Waals surface area contributed by atoms with Crippen LogP contribution in [0, 0.1) is 19.8 Å². The molecule has 0 atom stereocenters. The largest absolute Gasteiger partial charge is 0.495 e. The minimum absolute atomic E-state index is 0.108. The van der Waals surface area contributed by atoms with E-state index in [9.17, 15) is 13.2 Å². The van der Waals surface area contributed by atoms with Crippen molar-refractivity contribution in [3.8, 4) is 5.75 Å². The van der Waals surface area contributed by atoms with Crippen LogP contribution in [0.5, 0.6) is 5.75 Å². The number of hydrogen-bond acceptors (Lipinski definition) is 5. The van der Waals surface area contributed by atoms with Crippen molar-refractivity contribution in [2.24, 2.45) is 5.92 Å². The summed E-state index contributed by atoms with van der Waals surface area (Å²) in [6.45, 7) is 6.37. The van der Waals surface area contributed by atoms with E-state index in [2.05, 4.69) is 17.3 Å². The van der Waals surface area contributed by atoms with Gasteiger partial charge >= 0.3 is 0 Å². The number of carbonyl (C=O) groups excluding carboxylic acids is 1. The van der Waals surface area contributed by atoms with Crippen molar-refractivity contribution < 1.29 is 17.9 Å². The number of halogens is 1. The number of benzene rings is 1. The van der Waals surface area contributed by atoms with Gasteiger partial charge < -0.3 is 10.1 Å². The van der Waals surface area contributed by atoms with Gasteiger partial charge in [-0.25, -0.2) is 8.42 Å². The lowest BCUT2D eigenvalue weighted by Gasteiger charge is -2.29. The zero-order chi connectivity index (χ0) is 22.1. The van der Waals surface area contributed by atoms with Gasteiger partial charge in [-0.1, -0.05) is 18.5 Å². The lowest BCUT2D eigenvalue weighted by atomic mass is 10.0. The summed E-state index contributed by atoms with van der Waals surface area (Å²) in [6, 6.07) is 4.93. The number of piperidine rings is 1. The zero-order valence-electron chi connectivity index (χ0n) is 17.6. The molecule has 164 valence electrons. The second-order valence-corrected chi connectivity index (χ2v) is 9.92. The van der Waals surface area contributed by atoms with Crippen LogP contribution in [-0.4, -0.2) is 48.6 Å². The van der Waals surface area contributed by atoms with Crippen molar-refractivity contribution in [3.05, 3.63) is 34.6 Å². The molecule has 1 aromatic heterocycles. The molecule has 0 spiro atoms. The van der Waals surface area contributed by atoms with E-state index in [-0.39, 0.29) is 17.3 Å². The first-order valence-electron chi connectivity index (χ1n) is 9.81. The van der Waals surface area contributed by atoms with Gasteiger partial charge in [0.05, 0.1) is 23.5 Å². The molecule has 0 saturated carbocycles. The SMILES string of the molecule is COc1ccc(NC(=O)Cn2nc(C)c(S(=O)(=O)N3CCC(C)CC3)c2C)cc1Cl. The topological polar surface area (TPSA) is 93.5 Å². The van der Waals surface area contributed by atoms with Gasteiger partial charge in [0.25, 0.3) is 0 Å². The van der Waals surface area contributed by atoms with E-state index >= 15 is 0 Å². The summed E-state index contributed by atoms with van der Waals surface area (Å²) in [5.41, 5.74) is 1.36. The first-order valence-corrected chi connectivity index (χ1v) is 11.6. The number of hydrogen-bond donors (Lipinski definition) is 1. The Morgan fingerprint density at radius 2 is 1.97 bits per heavy atom. The third-order valence-electron chi connectivity index (χ3n) is 5.38. The van der Waals surface area contributed by atoms with Crippen molar-refractivity contribution in [2.45, 2.75) is 45.1 Å². The summed E-state index contributed by atoms with van der Waals surface area (Å²) in [5.74, 6) is 0.698. The zero-order valence-corrected chi connectivity index (χ0v) is 19.2. The minimum atomic E-state index is -3.65. The van der Waals surface area contributed by atoms with E-state index in [0.717, 1.165) is 12.8 Å². The molecule has 0 radical (unpaired) electrons. The molecule has 1 amide bonds. The number of nitrogens with one attached hydrogen (secondary N) is 1. The maximum Gasteiger partial charge on any atom is 0.246 e. The summed E-state index contributed by atoms with van der Waals surface area (Å²) in [4.78, 5) is 12.7. The first-order chi connectivity index (χ1) is 14.1. The van der Waals surface area contributed by atoms with E-state index in [1.165, 1.54) is 16.1 Å². The molecule has 1 aliphatic rings. The van der Waals surface area contributed by atoms with Gasteiger partial charge in [-0.05, 0) is 50.8 Å². The van der Waals surface area contributed by atoms with Crippen LogP contribution in [0.3, 0.4) is 0 Å². The van der Waals surface area contributed by atoms with Crippen LogP contribution in [0.25, 0.3) is 0 Å². The molecule has 2 aromatic rings. The Morgan fingerprint density at radius 3 is 2.57 bits per heavy atom. The molecule has 1 N–H and O–H groups in total. The molecule has 1 saturated heterocycles. The monoisotopic (exact) mass is 454 g/mol. The first kappa shape index (κ1) is 22.6. The van der Waals surface area contributed by atoms with E-state index in [1.807, 2.05) is 0 Å². The summed E-state index contributed by atoms with van der Waals surface area (Å²) >= 11 is 6.09. The van der Waals surface area contributed by atoms with Crippen LogP contribution in [0.4, 0.5) is 5.69 Å². The summed E-state index contributed by atoms with van der Waals surface area (Å²) in [5, 5.41) is 7.44. The molecule has 0 bridgehead atoms. The second kappa shape index (κ2) is 8.95. The number of carbonyl (C=O) groups is 1. The van der Waals surface area contributed by atoms with Crippen LogP contribution < -0.4 is 10.1 Å². The highest BCUT2D eigenvalue weighted by molar-refractivity contribution is 7.89. The number of nitrogens with zero attached hydrogens (tertiary/aromatic N) is 3. The van der Waals surface area contributed by atoms with E-state index in [1.54, 1.807) is 32.0 Å². The highest BCUT2D eigenvalue weighted by atomic mass is 35.5. The number of aryl methyl sites for hydroxylation is 1. The van der Waals surface area contributed by atoms with Gasteiger partial charge in [0.1, 0.15) is 17.2 Å². The lowest BCUT2D eigenvalue weighted by molar-refractivity contribution is -0.116. The Kier molecular flexibility index (Phi) is 6.74. The molecular weight excluding hydrogens is 428 g/mol. The Balaban J connectivity index is 1.76. The Morgan fingerprint density at radius 1 is 1.30 bits per heavy atom. The Labute approximate surface area is 182 Å². The summed E-state index contributed by atoms with van der Waals surface area (Å²) in [7, 11) is -2.13. The normalized spacial score (nSPS) is 15.9. The van der Waals surface area contributed by atoms with Gasteiger partial charge in [-0.2, -0.15) is 9.40 Å². The summed E-state index contributed by atoms with van der Waals surface area (Å²) in [6.07, 6.45) is 1.69. The number of sulfonamides is 1. The maximum absolute atomic E-state index is 13.2. The molecule has 8 nitrogen and oxygen atoms in total. The van der Waals surface area contributed by atoms with Crippen LogP contribution in [0.1, 0.15) is 31.2 Å². The quantitative estimate of drug-likeness (QED) is 0.723. The fraction of sp³-hybridized carbons (Fsp3) is 0.500. The third kappa shape index (κ3) is 4.63. The van der Waals surface area contributed by atoms with Crippen LogP contribution >= 0.6 is 11.6 Å². The fourth-order valence-corrected chi connectivity index (χ4v) is 5.74. The van der Waals surface area contributed by atoms with Crippen molar-refractivity contribution in [3.63, 3.8) is 0 Å². The smallest absolute Gasteiger partial charge is 0.246 e. The molecule has 2 heterocycles. The third-order valence-corrected chi connectivity index (χ3v) is 7.83. The standard InChI is InChI=1S/C20H27ClN4O4S/c1-13-7-9-24(10-8-13)30(27,28)20-14(2)23-25(15(20)3)12-19(26)22-16-5-6-18(29-4)17(21)11-16/h5-6,11,13H,7-10,12H2,1-4H3,(H,22,26). The van der Waals surface area contributed by atoms with Crippen LogP contribution in [0.15, 0.2) is 23.1 Å². The van der Waals surface area contributed by atoms with Gasteiger partial charge in [0.15, 0.2) is 0 Å². The van der Waals surface area contributed by atoms with Crippen molar-refractivity contribution in [1.29, 1.82) is 0 Å². The summed E-state index contributed by atoms with van der Waals surface area (Å²) < 4.78 is 34.4. The van der Waals surface area contributed by atoms with Crippen molar-refractivity contribution in [1.82, 2.24) is 14.1 Å². The molecule has 3 rings (SSSR count). The van der Waals surface area contributed by atoms with Gasteiger partial charge in [-0.3, -0.25) is 9.48 Å². The maximum atomic E-state index is 13.2. The fourth-order valence-electron chi connectivity index (χ4n) is 3.64. The Hall–Kier alpha value is -2.10. The van der Waals surface area contributed by atoms with Gasteiger partial charge in [0, 0.05) is 18.8 Å². The minimum Gasteiger partial charge on any atom is -0.495 e. The predicted octanol–water partition coefficient (Wildman–Crippen LogP) is 3.22. The number of rotatable bonds is 6. The van der Waals surface area contributed by atoms with Gasteiger partial charge in [0.2, 0.25) is 15.9 Å². The lowest BCUT2D eigenvalue weighted by Crippen LogP contribution is -2.38.